The Morgan fingerprint density at radius 1 is 1.29 bits per heavy atom. The zero-order valence-electron chi connectivity index (χ0n) is 10.2. The third kappa shape index (κ3) is 4.51. The highest BCUT2D eigenvalue weighted by atomic mass is 35.5. The molecule has 1 fully saturated rings. The molecule has 17 heavy (non-hydrogen) atoms. The fourth-order valence-corrected chi connectivity index (χ4v) is 3.26. The van der Waals surface area contributed by atoms with Crippen molar-refractivity contribution in [2.24, 2.45) is 5.73 Å². The molecule has 1 heterocycles. The van der Waals surface area contributed by atoms with Gasteiger partial charge in [0.1, 0.15) is 0 Å². The maximum absolute atomic E-state index is 5.92. The Morgan fingerprint density at radius 2 is 1.94 bits per heavy atom. The highest BCUT2D eigenvalue weighted by molar-refractivity contribution is 7.99. The highest BCUT2D eigenvalue weighted by Crippen LogP contribution is 2.30. The lowest BCUT2D eigenvalue weighted by atomic mass is 10.1. The monoisotopic (exact) mass is 272 g/mol. The number of halogens is 1. The van der Waals surface area contributed by atoms with Crippen molar-refractivity contribution in [3.8, 4) is 0 Å². The van der Waals surface area contributed by atoms with Crippen molar-refractivity contribution in [2.75, 3.05) is 13.1 Å². The van der Waals surface area contributed by atoms with E-state index in [1.54, 1.807) is 0 Å². The third-order valence-electron chi connectivity index (χ3n) is 2.89. The molecule has 0 saturated carbocycles. The Labute approximate surface area is 114 Å². The van der Waals surface area contributed by atoms with E-state index in [2.05, 4.69) is 42.2 Å². The van der Waals surface area contributed by atoms with Crippen molar-refractivity contribution in [3.63, 3.8) is 0 Å². The standard InChI is InChI=1S/C13H20N2S.ClH/c1-11(14)10-13(15-8-5-9-15)16-12-6-3-2-4-7-12;/h2-4,6-7,11,13H,5,8-10,14H2,1H3;1H. The molecule has 2 nitrogen and oxygen atoms in total. The van der Waals surface area contributed by atoms with Crippen LogP contribution in [-0.4, -0.2) is 29.4 Å². The Morgan fingerprint density at radius 3 is 2.41 bits per heavy atom. The summed E-state index contributed by atoms with van der Waals surface area (Å²) in [7, 11) is 0. The van der Waals surface area contributed by atoms with Gasteiger partial charge >= 0.3 is 0 Å². The predicted molar refractivity (Wildman–Crippen MR) is 77.8 cm³/mol. The van der Waals surface area contributed by atoms with Crippen LogP contribution >= 0.6 is 24.2 Å². The lowest BCUT2D eigenvalue weighted by Gasteiger charge is -2.38. The fourth-order valence-electron chi connectivity index (χ4n) is 1.87. The second kappa shape index (κ2) is 7.27. The summed E-state index contributed by atoms with van der Waals surface area (Å²) in [6, 6.07) is 10.9. The van der Waals surface area contributed by atoms with Crippen LogP contribution in [0.5, 0.6) is 0 Å². The number of hydrogen-bond acceptors (Lipinski definition) is 3. The van der Waals surface area contributed by atoms with E-state index in [0.717, 1.165) is 6.42 Å². The molecule has 2 N–H and O–H groups in total. The molecule has 0 bridgehead atoms. The van der Waals surface area contributed by atoms with Crippen molar-refractivity contribution in [1.29, 1.82) is 0 Å². The van der Waals surface area contributed by atoms with Crippen molar-refractivity contribution in [1.82, 2.24) is 4.90 Å². The lowest BCUT2D eigenvalue weighted by Crippen LogP contribution is -2.45. The number of nitrogens with two attached hydrogens (primary N) is 1. The number of rotatable bonds is 5. The molecule has 1 aromatic carbocycles. The average Bonchev–Trinajstić information content (AvgIpc) is 2.15. The van der Waals surface area contributed by atoms with Gasteiger partial charge in [-0.1, -0.05) is 18.2 Å². The van der Waals surface area contributed by atoms with Crippen molar-refractivity contribution < 1.29 is 0 Å². The van der Waals surface area contributed by atoms with E-state index in [1.807, 2.05) is 11.8 Å². The van der Waals surface area contributed by atoms with E-state index in [-0.39, 0.29) is 18.4 Å². The first kappa shape index (κ1) is 14.8. The number of likely N-dealkylation sites (tertiary alicyclic amines) is 1. The zero-order chi connectivity index (χ0) is 11.4. The molecule has 2 atom stereocenters. The van der Waals surface area contributed by atoms with Crippen LogP contribution in [0, 0.1) is 0 Å². The Balaban J connectivity index is 0.00000144. The van der Waals surface area contributed by atoms with Crippen molar-refractivity contribution in [2.45, 2.75) is 36.1 Å². The summed E-state index contributed by atoms with van der Waals surface area (Å²) < 4.78 is 0. The largest absolute Gasteiger partial charge is 0.328 e. The van der Waals surface area contributed by atoms with Crippen LogP contribution in [0.2, 0.25) is 0 Å². The number of hydrogen-bond donors (Lipinski definition) is 1. The first-order chi connectivity index (χ1) is 7.75. The quantitative estimate of drug-likeness (QED) is 0.836. The van der Waals surface area contributed by atoms with E-state index in [1.165, 1.54) is 24.4 Å². The minimum absolute atomic E-state index is 0. The Hall–Kier alpha value is -0.220. The summed E-state index contributed by atoms with van der Waals surface area (Å²) in [4.78, 5) is 3.88. The summed E-state index contributed by atoms with van der Waals surface area (Å²) in [5.74, 6) is 0. The average molecular weight is 273 g/mol. The fraction of sp³-hybridized carbons (Fsp3) is 0.538. The first-order valence-corrected chi connectivity index (χ1v) is 6.85. The molecule has 4 heteroatoms. The van der Waals surface area contributed by atoms with Gasteiger partial charge in [-0.05, 0) is 31.9 Å². The van der Waals surface area contributed by atoms with Crippen LogP contribution < -0.4 is 5.73 Å². The van der Waals surface area contributed by atoms with Crippen molar-refractivity contribution in [3.05, 3.63) is 30.3 Å². The second-order valence-electron chi connectivity index (χ2n) is 4.49. The molecular weight excluding hydrogens is 252 g/mol. The first-order valence-electron chi connectivity index (χ1n) is 5.97. The minimum atomic E-state index is 0. The van der Waals surface area contributed by atoms with Crippen LogP contribution in [0.1, 0.15) is 19.8 Å². The van der Waals surface area contributed by atoms with Crippen LogP contribution in [-0.2, 0) is 0 Å². The maximum atomic E-state index is 5.92. The predicted octanol–water partition coefficient (Wildman–Crippen LogP) is 2.97. The molecule has 2 rings (SSSR count). The van der Waals surface area contributed by atoms with Crippen molar-refractivity contribution >= 4 is 24.2 Å². The summed E-state index contributed by atoms with van der Waals surface area (Å²) >= 11 is 1.95. The maximum Gasteiger partial charge on any atom is 0.0619 e. The zero-order valence-corrected chi connectivity index (χ0v) is 11.8. The van der Waals surface area contributed by atoms with Gasteiger partial charge in [0, 0.05) is 24.0 Å². The molecule has 1 saturated heterocycles. The topological polar surface area (TPSA) is 29.3 Å². The summed E-state index contributed by atoms with van der Waals surface area (Å²) in [5.41, 5.74) is 5.92. The van der Waals surface area contributed by atoms with Gasteiger partial charge in [0.25, 0.3) is 0 Å². The van der Waals surface area contributed by atoms with Crippen LogP contribution in [0.4, 0.5) is 0 Å². The molecule has 0 amide bonds. The van der Waals surface area contributed by atoms with Gasteiger partial charge in [0.2, 0.25) is 0 Å². The smallest absolute Gasteiger partial charge is 0.0619 e. The third-order valence-corrected chi connectivity index (χ3v) is 4.19. The molecule has 96 valence electrons. The summed E-state index contributed by atoms with van der Waals surface area (Å²) in [5, 5.41) is 0.552. The molecule has 0 aliphatic carbocycles. The molecule has 1 aliphatic rings. The van der Waals surface area contributed by atoms with Gasteiger partial charge in [0.15, 0.2) is 0 Å². The van der Waals surface area contributed by atoms with E-state index in [4.69, 9.17) is 5.73 Å². The molecule has 1 aromatic rings. The highest BCUT2D eigenvalue weighted by Gasteiger charge is 2.25. The second-order valence-corrected chi connectivity index (χ2v) is 5.74. The van der Waals surface area contributed by atoms with Crippen LogP contribution in [0.3, 0.4) is 0 Å². The number of benzene rings is 1. The van der Waals surface area contributed by atoms with Crippen LogP contribution in [0.25, 0.3) is 0 Å². The van der Waals surface area contributed by atoms with E-state index in [0.29, 0.717) is 5.37 Å². The molecule has 2 unspecified atom stereocenters. The van der Waals surface area contributed by atoms with E-state index in [9.17, 15) is 0 Å². The van der Waals surface area contributed by atoms with Gasteiger partial charge in [0.05, 0.1) is 5.37 Å². The van der Waals surface area contributed by atoms with Gasteiger partial charge < -0.3 is 5.73 Å². The summed E-state index contributed by atoms with van der Waals surface area (Å²) in [6.45, 7) is 4.56. The molecule has 1 aliphatic heterocycles. The number of thioether (sulfide) groups is 1. The Bertz CT molecular complexity index is 314. The number of nitrogens with zero attached hydrogens (tertiary/aromatic N) is 1. The van der Waals surface area contributed by atoms with E-state index < -0.39 is 0 Å². The van der Waals surface area contributed by atoms with E-state index >= 15 is 0 Å². The van der Waals surface area contributed by atoms with Crippen LogP contribution in [0.15, 0.2) is 35.2 Å². The lowest BCUT2D eigenvalue weighted by molar-refractivity contribution is 0.157. The normalized spacial score (nSPS) is 18.9. The molecule has 0 spiro atoms. The molecule has 0 radical (unpaired) electrons. The van der Waals surface area contributed by atoms with Gasteiger partial charge in [-0.3, -0.25) is 4.90 Å². The SMILES string of the molecule is CC(N)CC(Sc1ccccc1)N1CCC1.Cl. The Kier molecular flexibility index (Phi) is 6.34. The summed E-state index contributed by atoms with van der Waals surface area (Å²) in [6.07, 6.45) is 2.41. The molecule has 0 aromatic heterocycles. The van der Waals surface area contributed by atoms with Gasteiger partial charge in [-0.2, -0.15) is 0 Å². The minimum Gasteiger partial charge on any atom is -0.328 e. The van der Waals surface area contributed by atoms with Gasteiger partial charge in [-0.25, -0.2) is 0 Å². The van der Waals surface area contributed by atoms with Gasteiger partial charge in [-0.15, -0.1) is 24.2 Å². The molecular formula is C13H21ClN2S.